The highest BCUT2D eigenvalue weighted by molar-refractivity contribution is 5.30. The Kier molecular flexibility index (Phi) is 4.22. The van der Waals surface area contributed by atoms with Gasteiger partial charge in [0.2, 0.25) is 0 Å². The van der Waals surface area contributed by atoms with Crippen molar-refractivity contribution in [1.82, 2.24) is 0 Å². The van der Waals surface area contributed by atoms with Gasteiger partial charge in [0.25, 0.3) is 0 Å². The van der Waals surface area contributed by atoms with E-state index in [0.29, 0.717) is 0 Å². The number of unbranched alkanes of at least 4 members (excludes halogenated alkanes) is 1. The van der Waals surface area contributed by atoms with Crippen LogP contribution in [0.5, 0.6) is 0 Å². The van der Waals surface area contributed by atoms with Crippen LogP contribution in [-0.2, 0) is 0 Å². The van der Waals surface area contributed by atoms with Gasteiger partial charge < -0.3 is 0 Å². The third kappa shape index (κ3) is 3.38. The molecule has 0 aromatic rings. The van der Waals surface area contributed by atoms with E-state index in [9.17, 15) is 0 Å². The highest BCUT2D eigenvalue weighted by Gasteiger charge is 1.90. The summed E-state index contributed by atoms with van der Waals surface area (Å²) in [6.07, 6.45) is 18.5. The minimum atomic E-state index is 1.20. The van der Waals surface area contributed by atoms with Crippen LogP contribution in [0.3, 0.4) is 0 Å². The fourth-order valence-electron chi connectivity index (χ4n) is 1.15. The van der Waals surface area contributed by atoms with E-state index in [1.165, 1.54) is 24.8 Å². The van der Waals surface area contributed by atoms with E-state index in [0.717, 1.165) is 0 Å². The van der Waals surface area contributed by atoms with Crippen LogP contribution in [0, 0.1) is 0 Å². The van der Waals surface area contributed by atoms with Crippen molar-refractivity contribution in [1.29, 1.82) is 0 Å². The molecule has 1 aliphatic rings. The van der Waals surface area contributed by atoms with Crippen LogP contribution in [0.1, 0.15) is 26.2 Å². The largest absolute Gasteiger partial charge is 0.0654 e. The Balaban J connectivity index is 2.50. The van der Waals surface area contributed by atoms with Gasteiger partial charge in [-0.2, -0.15) is 0 Å². The molecule has 0 nitrogen and oxygen atoms in total. The summed E-state index contributed by atoms with van der Waals surface area (Å²) in [5.41, 5.74) is 1.43. The van der Waals surface area contributed by atoms with Gasteiger partial charge in [-0.1, -0.05) is 55.9 Å². The van der Waals surface area contributed by atoms with Crippen LogP contribution >= 0.6 is 0 Å². The van der Waals surface area contributed by atoms with Gasteiger partial charge in [-0.3, -0.25) is 0 Å². The predicted molar refractivity (Wildman–Crippen MR) is 55.0 cm³/mol. The van der Waals surface area contributed by atoms with Crippen LogP contribution in [-0.4, -0.2) is 0 Å². The molecule has 0 saturated carbocycles. The van der Waals surface area contributed by atoms with Gasteiger partial charge in [0.05, 0.1) is 0 Å². The van der Waals surface area contributed by atoms with E-state index in [-0.39, 0.29) is 0 Å². The molecule has 0 fully saturated rings. The molecule has 0 aromatic carbocycles. The molecular weight excluding hydrogens is 144 g/mol. The topological polar surface area (TPSA) is 0 Å². The number of hydrogen-bond donors (Lipinski definition) is 0. The van der Waals surface area contributed by atoms with Crippen LogP contribution < -0.4 is 0 Å². The molecular formula is C12H16. The summed E-state index contributed by atoms with van der Waals surface area (Å²) >= 11 is 0. The number of allylic oxidation sites excluding steroid dienone is 8. The maximum absolute atomic E-state index is 2.23. The van der Waals surface area contributed by atoms with E-state index in [4.69, 9.17) is 0 Å². The fourth-order valence-corrected chi connectivity index (χ4v) is 1.15. The Morgan fingerprint density at radius 1 is 1.00 bits per heavy atom. The first-order valence-corrected chi connectivity index (χ1v) is 4.64. The van der Waals surface area contributed by atoms with Gasteiger partial charge in [0.1, 0.15) is 0 Å². The highest BCUT2D eigenvalue weighted by atomic mass is 14.0. The van der Waals surface area contributed by atoms with Gasteiger partial charge >= 0.3 is 0 Å². The molecule has 0 aliphatic heterocycles. The van der Waals surface area contributed by atoms with Crippen LogP contribution in [0.25, 0.3) is 0 Å². The molecule has 0 heterocycles. The lowest BCUT2D eigenvalue weighted by atomic mass is 10.1. The summed E-state index contributed by atoms with van der Waals surface area (Å²) in [6, 6.07) is 0. The third-order valence-corrected chi connectivity index (χ3v) is 1.88. The third-order valence-electron chi connectivity index (χ3n) is 1.88. The molecule has 0 saturated heterocycles. The molecule has 0 heteroatoms. The fraction of sp³-hybridized carbons (Fsp3) is 0.333. The average Bonchev–Trinajstić information content (AvgIpc) is 2.02. The first kappa shape index (κ1) is 9.05. The van der Waals surface area contributed by atoms with Gasteiger partial charge in [0.15, 0.2) is 0 Å². The van der Waals surface area contributed by atoms with E-state index < -0.39 is 0 Å². The summed E-state index contributed by atoms with van der Waals surface area (Å²) in [5, 5.41) is 0. The van der Waals surface area contributed by atoms with E-state index >= 15 is 0 Å². The molecule has 0 spiro atoms. The van der Waals surface area contributed by atoms with Crippen molar-refractivity contribution in [3.8, 4) is 0 Å². The molecule has 0 radical (unpaired) electrons. The van der Waals surface area contributed by atoms with Crippen molar-refractivity contribution in [2.24, 2.45) is 0 Å². The molecule has 0 aromatic heterocycles. The Morgan fingerprint density at radius 2 is 1.75 bits per heavy atom. The zero-order chi connectivity index (χ0) is 8.65. The quantitative estimate of drug-likeness (QED) is 0.589. The molecule has 1 rings (SSSR count). The molecule has 64 valence electrons. The molecule has 0 N–H and O–H groups in total. The summed E-state index contributed by atoms with van der Waals surface area (Å²) in [5.74, 6) is 0. The van der Waals surface area contributed by atoms with Gasteiger partial charge in [-0.05, 0) is 18.4 Å². The average molecular weight is 160 g/mol. The summed E-state index contributed by atoms with van der Waals surface area (Å²) in [4.78, 5) is 0. The second kappa shape index (κ2) is 5.59. The Bertz CT molecular complexity index is 226. The molecule has 0 atom stereocenters. The monoisotopic (exact) mass is 160 g/mol. The van der Waals surface area contributed by atoms with Crippen molar-refractivity contribution in [3.05, 3.63) is 48.1 Å². The summed E-state index contributed by atoms with van der Waals surface area (Å²) in [6.45, 7) is 2.23. The Hall–Kier alpha value is -1.04. The van der Waals surface area contributed by atoms with Crippen LogP contribution in [0.4, 0.5) is 0 Å². The van der Waals surface area contributed by atoms with Gasteiger partial charge in [-0.25, -0.2) is 0 Å². The minimum absolute atomic E-state index is 1.20. The second-order valence-electron chi connectivity index (χ2n) is 2.97. The van der Waals surface area contributed by atoms with Crippen molar-refractivity contribution in [2.75, 3.05) is 0 Å². The van der Waals surface area contributed by atoms with E-state index in [1.54, 1.807) is 0 Å². The zero-order valence-electron chi connectivity index (χ0n) is 7.66. The second-order valence-corrected chi connectivity index (χ2v) is 2.97. The predicted octanol–water partition coefficient (Wildman–Crippen LogP) is 3.79. The van der Waals surface area contributed by atoms with Gasteiger partial charge in [-0.15, -0.1) is 0 Å². The minimum Gasteiger partial charge on any atom is -0.0654 e. The Morgan fingerprint density at radius 3 is 2.58 bits per heavy atom. The molecule has 0 amide bonds. The van der Waals surface area contributed by atoms with Crippen LogP contribution in [0.2, 0.25) is 0 Å². The summed E-state index contributed by atoms with van der Waals surface area (Å²) in [7, 11) is 0. The zero-order valence-corrected chi connectivity index (χ0v) is 7.66. The van der Waals surface area contributed by atoms with E-state index in [2.05, 4.69) is 43.4 Å². The lowest BCUT2D eigenvalue weighted by Gasteiger charge is -1.99. The van der Waals surface area contributed by atoms with Crippen LogP contribution in [0.15, 0.2) is 48.1 Å². The van der Waals surface area contributed by atoms with Crippen molar-refractivity contribution in [2.45, 2.75) is 26.2 Å². The molecule has 12 heavy (non-hydrogen) atoms. The number of hydrogen-bond acceptors (Lipinski definition) is 0. The number of rotatable bonds is 3. The normalized spacial score (nSPS) is 27.9. The lowest BCUT2D eigenvalue weighted by Crippen LogP contribution is -1.79. The summed E-state index contributed by atoms with van der Waals surface area (Å²) < 4.78 is 0. The van der Waals surface area contributed by atoms with Crippen molar-refractivity contribution < 1.29 is 0 Å². The first-order valence-electron chi connectivity index (χ1n) is 4.64. The Labute approximate surface area is 75.0 Å². The SMILES string of the molecule is CCCCC1=C/C=C\C=C/C=C\1. The van der Waals surface area contributed by atoms with Crippen molar-refractivity contribution in [3.63, 3.8) is 0 Å². The van der Waals surface area contributed by atoms with Crippen molar-refractivity contribution >= 4 is 0 Å². The smallest absolute Gasteiger partial charge is 0.0279 e. The highest BCUT2D eigenvalue weighted by Crippen LogP contribution is 2.10. The molecule has 1 aliphatic carbocycles. The molecule has 0 bridgehead atoms. The standard InChI is InChI=1S/C12H16/c1-2-3-9-12-10-7-5-4-6-8-11-12/h4-8,10-11H,2-3,9H2,1H3/b5-4-,6-4?,7-5?,8-6-,10-7-,11-8?,12-10?,12-11-. The maximum atomic E-state index is 2.23. The lowest BCUT2D eigenvalue weighted by molar-refractivity contribution is 0.798. The maximum Gasteiger partial charge on any atom is -0.0279 e. The van der Waals surface area contributed by atoms with E-state index in [1.807, 2.05) is 6.08 Å². The first-order chi connectivity index (χ1) is 5.93. The van der Waals surface area contributed by atoms with Gasteiger partial charge in [0, 0.05) is 0 Å². The molecule has 0 unspecified atom stereocenters.